The molecule has 1 amide bonds. The maximum Gasteiger partial charge on any atom is 0.269 e. The molecule has 0 atom stereocenters. The zero-order valence-electron chi connectivity index (χ0n) is 15.9. The van der Waals surface area contributed by atoms with Crippen molar-refractivity contribution in [2.24, 2.45) is 5.73 Å². The minimum Gasteiger partial charge on any atom is -0.456 e. The lowest BCUT2D eigenvalue weighted by atomic mass is 10.1. The van der Waals surface area contributed by atoms with Gasteiger partial charge >= 0.3 is 0 Å². The molecule has 148 valence electrons. The third-order valence-corrected chi connectivity index (χ3v) is 5.80. The molecule has 0 aliphatic heterocycles. The minimum absolute atomic E-state index is 0.155. The van der Waals surface area contributed by atoms with Crippen LogP contribution >= 0.6 is 0 Å². The number of nitrogens with zero attached hydrogens (tertiary/aromatic N) is 2. The van der Waals surface area contributed by atoms with Gasteiger partial charge in [-0.25, -0.2) is 8.42 Å². The molecule has 7 nitrogen and oxygen atoms in total. The van der Waals surface area contributed by atoms with Crippen molar-refractivity contribution in [2.45, 2.75) is 18.4 Å². The molecule has 29 heavy (non-hydrogen) atoms. The number of nitrogens with two attached hydrogens (primary N) is 1. The number of benzene rings is 2. The van der Waals surface area contributed by atoms with Crippen molar-refractivity contribution >= 4 is 26.7 Å². The number of aryl methyl sites for hydroxylation is 1. The second kappa shape index (κ2) is 6.89. The summed E-state index contributed by atoms with van der Waals surface area (Å²) >= 11 is 0. The van der Waals surface area contributed by atoms with E-state index in [0.29, 0.717) is 22.3 Å². The molecule has 0 radical (unpaired) electrons. The van der Waals surface area contributed by atoms with E-state index in [4.69, 9.17) is 10.2 Å². The molecule has 0 fully saturated rings. The Balaban J connectivity index is 1.89. The third-order valence-electron chi connectivity index (χ3n) is 4.71. The van der Waals surface area contributed by atoms with Gasteiger partial charge in [-0.3, -0.25) is 9.48 Å². The monoisotopic (exact) mass is 409 g/mol. The van der Waals surface area contributed by atoms with Gasteiger partial charge in [-0.2, -0.15) is 5.10 Å². The molecule has 8 heteroatoms. The van der Waals surface area contributed by atoms with Gasteiger partial charge in [0.05, 0.1) is 11.4 Å². The number of fused-ring (bicyclic) bond motifs is 1. The fourth-order valence-corrected chi connectivity index (χ4v) is 3.92. The Morgan fingerprint density at radius 3 is 2.48 bits per heavy atom. The maximum atomic E-state index is 12.2. The number of sulfone groups is 1. The van der Waals surface area contributed by atoms with E-state index in [9.17, 15) is 13.2 Å². The maximum absolute atomic E-state index is 12.2. The molecule has 4 rings (SSSR count). The predicted molar refractivity (Wildman–Crippen MR) is 109 cm³/mol. The van der Waals surface area contributed by atoms with E-state index in [2.05, 4.69) is 5.10 Å². The van der Waals surface area contributed by atoms with E-state index in [-0.39, 0.29) is 17.1 Å². The highest BCUT2D eigenvalue weighted by molar-refractivity contribution is 7.90. The number of aromatic nitrogens is 2. The lowest BCUT2D eigenvalue weighted by Crippen LogP contribution is -2.13. The first-order chi connectivity index (χ1) is 13.7. The van der Waals surface area contributed by atoms with Gasteiger partial charge in [-0.05, 0) is 31.2 Å². The van der Waals surface area contributed by atoms with Crippen LogP contribution in [0, 0.1) is 6.92 Å². The summed E-state index contributed by atoms with van der Waals surface area (Å²) in [6.07, 6.45) is 1.17. The quantitative estimate of drug-likeness (QED) is 0.545. The van der Waals surface area contributed by atoms with Crippen molar-refractivity contribution in [1.82, 2.24) is 9.78 Å². The van der Waals surface area contributed by atoms with Crippen LogP contribution in [0.1, 0.15) is 21.7 Å². The first-order valence-corrected chi connectivity index (χ1v) is 10.8. The van der Waals surface area contributed by atoms with Crippen LogP contribution in [-0.2, 0) is 16.4 Å². The van der Waals surface area contributed by atoms with Gasteiger partial charge in [0.2, 0.25) is 0 Å². The zero-order chi connectivity index (χ0) is 20.8. The molecule has 0 aliphatic rings. The molecule has 0 unspecified atom stereocenters. The molecular weight excluding hydrogens is 390 g/mol. The van der Waals surface area contributed by atoms with Gasteiger partial charge in [0.25, 0.3) is 5.91 Å². The number of hydrogen-bond acceptors (Lipinski definition) is 5. The normalized spacial score (nSPS) is 11.8. The fraction of sp³-hybridized carbons (Fsp3) is 0.143. The van der Waals surface area contributed by atoms with E-state index in [1.807, 2.05) is 36.4 Å². The Bertz CT molecular complexity index is 1340. The first-order valence-electron chi connectivity index (χ1n) is 8.88. The number of carbonyl (C=O) groups is 1. The van der Waals surface area contributed by atoms with Gasteiger partial charge in [0.1, 0.15) is 17.0 Å². The summed E-state index contributed by atoms with van der Waals surface area (Å²) in [6, 6.07) is 16.2. The standard InChI is InChI=1S/C21H19N3O4S/c1-13-8-18(21(22)25)23-24(13)12-16-10-17(29(2,26)27)9-15-11-19(28-20(15)16)14-6-4-3-5-7-14/h3-11H,12H2,1-2H3,(H2,22,25). The molecule has 0 saturated carbocycles. The average molecular weight is 409 g/mol. The summed E-state index contributed by atoms with van der Waals surface area (Å²) in [5, 5.41) is 4.90. The van der Waals surface area contributed by atoms with E-state index in [0.717, 1.165) is 11.3 Å². The van der Waals surface area contributed by atoms with Gasteiger partial charge in [-0.15, -0.1) is 0 Å². The number of rotatable bonds is 5. The van der Waals surface area contributed by atoms with Gasteiger partial charge < -0.3 is 10.2 Å². The van der Waals surface area contributed by atoms with Crippen LogP contribution < -0.4 is 5.73 Å². The molecule has 0 aliphatic carbocycles. The van der Waals surface area contributed by atoms with Crippen LogP contribution in [0.15, 0.2) is 63.9 Å². The van der Waals surface area contributed by atoms with Crippen LogP contribution in [0.2, 0.25) is 0 Å². The van der Waals surface area contributed by atoms with E-state index in [1.54, 1.807) is 29.8 Å². The van der Waals surface area contributed by atoms with Gasteiger partial charge in [-0.1, -0.05) is 30.3 Å². The minimum atomic E-state index is -3.43. The Kier molecular flexibility index (Phi) is 4.50. The Morgan fingerprint density at radius 2 is 1.86 bits per heavy atom. The molecule has 0 bridgehead atoms. The van der Waals surface area contributed by atoms with Crippen LogP contribution in [0.4, 0.5) is 0 Å². The SMILES string of the molecule is Cc1cc(C(N)=O)nn1Cc1cc(S(C)(=O)=O)cc2cc(-c3ccccc3)oc12. The van der Waals surface area contributed by atoms with Crippen LogP contribution in [-0.4, -0.2) is 30.4 Å². The van der Waals surface area contributed by atoms with Crippen LogP contribution in [0.25, 0.3) is 22.3 Å². The Morgan fingerprint density at radius 1 is 1.14 bits per heavy atom. The second-order valence-electron chi connectivity index (χ2n) is 6.94. The summed E-state index contributed by atoms with van der Waals surface area (Å²) in [5.41, 5.74) is 8.31. The van der Waals surface area contributed by atoms with E-state index < -0.39 is 15.7 Å². The third kappa shape index (κ3) is 3.66. The summed E-state index contributed by atoms with van der Waals surface area (Å²) in [7, 11) is -3.43. The van der Waals surface area contributed by atoms with Crippen molar-refractivity contribution in [1.29, 1.82) is 0 Å². The molecule has 0 spiro atoms. The van der Waals surface area contributed by atoms with Crippen molar-refractivity contribution < 1.29 is 17.6 Å². The molecular formula is C21H19N3O4S. The van der Waals surface area contributed by atoms with Crippen molar-refractivity contribution in [3.8, 4) is 11.3 Å². The molecule has 4 aromatic rings. The van der Waals surface area contributed by atoms with Crippen LogP contribution in [0.5, 0.6) is 0 Å². The topological polar surface area (TPSA) is 108 Å². The molecule has 0 saturated heterocycles. The van der Waals surface area contributed by atoms with Crippen molar-refractivity contribution in [3.05, 3.63) is 71.5 Å². The number of carbonyl (C=O) groups excluding carboxylic acids is 1. The highest BCUT2D eigenvalue weighted by atomic mass is 32.2. The van der Waals surface area contributed by atoms with Gasteiger partial charge in [0.15, 0.2) is 9.84 Å². The van der Waals surface area contributed by atoms with Crippen molar-refractivity contribution in [2.75, 3.05) is 6.26 Å². The Hall–Kier alpha value is -3.39. The van der Waals surface area contributed by atoms with Crippen molar-refractivity contribution in [3.63, 3.8) is 0 Å². The number of primary amides is 1. The fourth-order valence-electron chi connectivity index (χ4n) is 3.22. The highest BCUT2D eigenvalue weighted by Gasteiger charge is 2.18. The molecule has 2 N–H and O–H groups in total. The molecule has 2 heterocycles. The van der Waals surface area contributed by atoms with E-state index >= 15 is 0 Å². The second-order valence-corrected chi connectivity index (χ2v) is 8.96. The number of furan rings is 1. The largest absolute Gasteiger partial charge is 0.456 e. The smallest absolute Gasteiger partial charge is 0.269 e. The van der Waals surface area contributed by atoms with Gasteiger partial charge in [0, 0.05) is 28.5 Å². The average Bonchev–Trinajstić information content (AvgIpc) is 3.26. The summed E-state index contributed by atoms with van der Waals surface area (Å²) in [5.74, 6) is 0.0220. The summed E-state index contributed by atoms with van der Waals surface area (Å²) in [6.45, 7) is 2.04. The lowest BCUT2D eigenvalue weighted by Gasteiger charge is -2.08. The lowest BCUT2D eigenvalue weighted by molar-refractivity contribution is 0.0995. The Labute approximate surface area is 167 Å². The molecule has 2 aromatic heterocycles. The predicted octanol–water partition coefficient (Wildman–Crippen LogP) is 3.16. The highest BCUT2D eigenvalue weighted by Crippen LogP contribution is 2.32. The number of hydrogen-bond donors (Lipinski definition) is 1. The summed E-state index contributed by atoms with van der Waals surface area (Å²) in [4.78, 5) is 11.6. The summed E-state index contributed by atoms with van der Waals surface area (Å²) < 4.78 is 32.1. The van der Waals surface area contributed by atoms with Crippen LogP contribution in [0.3, 0.4) is 0 Å². The molecule has 2 aromatic carbocycles. The zero-order valence-corrected chi connectivity index (χ0v) is 16.7. The number of amides is 1. The first kappa shape index (κ1) is 18.9. The van der Waals surface area contributed by atoms with E-state index in [1.165, 1.54) is 6.26 Å².